The Balaban J connectivity index is 1.84. The van der Waals surface area contributed by atoms with Crippen LogP contribution in [0.2, 0.25) is 0 Å². The van der Waals surface area contributed by atoms with Crippen LogP contribution in [0.15, 0.2) is 30.3 Å². The van der Waals surface area contributed by atoms with Gasteiger partial charge in [0.1, 0.15) is 12.1 Å². The van der Waals surface area contributed by atoms with E-state index >= 15 is 0 Å². The number of ether oxygens (including phenoxy) is 1. The summed E-state index contributed by atoms with van der Waals surface area (Å²) in [5.41, 5.74) is 1.04. The summed E-state index contributed by atoms with van der Waals surface area (Å²) in [4.78, 5) is 35.6. The summed E-state index contributed by atoms with van der Waals surface area (Å²) in [6.45, 7) is 1.46. The molecular formula is C16H19NO5. The zero-order chi connectivity index (χ0) is 16.1. The number of likely N-dealkylation sites (tertiary alicyclic amines) is 1. The van der Waals surface area contributed by atoms with E-state index in [0.717, 1.165) is 5.56 Å². The number of aliphatic carboxylic acids is 1. The fraction of sp³-hybridized carbons (Fsp3) is 0.438. The van der Waals surface area contributed by atoms with E-state index in [0.29, 0.717) is 6.42 Å². The van der Waals surface area contributed by atoms with Gasteiger partial charge >= 0.3 is 11.9 Å². The molecule has 0 radical (unpaired) electrons. The Bertz CT molecular complexity index is 535. The topological polar surface area (TPSA) is 83.9 Å². The van der Waals surface area contributed by atoms with Crippen molar-refractivity contribution < 1.29 is 24.2 Å². The highest BCUT2D eigenvalue weighted by atomic mass is 16.5. The van der Waals surface area contributed by atoms with Crippen LogP contribution in [0.25, 0.3) is 0 Å². The number of amides is 1. The van der Waals surface area contributed by atoms with Crippen molar-refractivity contribution in [2.75, 3.05) is 6.54 Å². The van der Waals surface area contributed by atoms with Crippen LogP contribution in [0.1, 0.15) is 25.3 Å². The summed E-state index contributed by atoms with van der Waals surface area (Å²) in [6, 6.07) is 8.66. The number of aryl methyl sites for hydroxylation is 1. The molecule has 2 rings (SSSR count). The number of hydrogen-bond donors (Lipinski definition) is 1. The van der Waals surface area contributed by atoms with Gasteiger partial charge in [0.25, 0.3) is 0 Å². The molecule has 1 N–H and O–H groups in total. The van der Waals surface area contributed by atoms with Gasteiger partial charge in [0, 0.05) is 19.8 Å². The number of carboxylic acids is 1. The van der Waals surface area contributed by atoms with Gasteiger partial charge in [-0.3, -0.25) is 9.59 Å². The monoisotopic (exact) mass is 305 g/mol. The van der Waals surface area contributed by atoms with Crippen LogP contribution in [0.3, 0.4) is 0 Å². The standard InChI is InChI=1S/C16H19NO5/c1-11(18)17-10-13(9-14(17)16(20)21)22-15(19)8-7-12-5-3-2-4-6-12/h2-6,13-14H,7-10H2,1H3,(H,20,21)/t13-,14?/m1/s1. The predicted molar refractivity (Wildman–Crippen MR) is 78.1 cm³/mol. The van der Waals surface area contributed by atoms with Crippen LogP contribution in [0.4, 0.5) is 0 Å². The highest BCUT2D eigenvalue weighted by Crippen LogP contribution is 2.21. The van der Waals surface area contributed by atoms with E-state index < -0.39 is 18.1 Å². The van der Waals surface area contributed by atoms with Crippen LogP contribution >= 0.6 is 0 Å². The molecule has 6 heteroatoms. The maximum Gasteiger partial charge on any atom is 0.326 e. The molecule has 1 aliphatic rings. The van der Waals surface area contributed by atoms with Gasteiger partial charge in [-0.25, -0.2) is 4.79 Å². The molecule has 0 spiro atoms. The summed E-state index contributed by atoms with van der Waals surface area (Å²) in [6.07, 6.45) is 0.406. The summed E-state index contributed by atoms with van der Waals surface area (Å²) in [7, 11) is 0. The number of benzene rings is 1. The third kappa shape index (κ3) is 4.07. The number of carbonyl (C=O) groups excluding carboxylic acids is 2. The smallest absolute Gasteiger partial charge is 0.326 e. The number of hydrogen-bond acceptors (Lipinski definition) is 4. The molecule has 0 saturated carbocycles. The van der Waals surface area contributed by atoms with Crippen molar-refractivity contribution in [3.05, 3.63) is 35.9 Å². The molecule has 0 bridgehead atoms. The van der Waals surface area contributed by atoms with Gasteiger partial charge in [0.2, 0.25) is 5.91 Å². The highest BCUT2D eigenvalue weighted by molar-refractivity contribution is 5.83. The lowest BCUT2D eigenvalue weighted by atomic mass is 10.1. The Morgan fingerprint density at radius 3 is 2.50 bits per heavy atom. The molecule has 1 unspecified atom stereocenters. The number of carboxylic acid groups (broad SMARTS) is 1. The molecule has 0 aromatic heterocycles. The van der Waals surface area contributed by atoms with E-state index in [1.165, 1.54) is 11.8 Å². The predicted octanol–water partition coefficient (Wildman–Crippen LogP) is 1.24. The van der Waals surface area contributed by atoms with E-state index in [4.69, 9.17) is 9.84 Å². The fourth-order valence-corrected chi connectivity index (χ4v) is 2.60. The average molecular weight is 305 g/mol. The third-order valence-corrected chi connectivity index (χ3v) is 3.71. The summed E-state index contributed by atoms with van der Waals surface area (Å²) < 4.78 is 5.30. The molecule has 1 heterocycles. The summed E-state index contributed by atoms with van der Waals surface area (Å²) in [5.74, 6) is -1.77. The van der Waals surface area contributed by atoms with Crippen molar-refractivity contribution in [2.45, 2.75) is 38.3 Å². The Kier molecular flexibility index (Phi) is 5.14. The summed E-state index contributed by atoms with van der Waals surface area (Å²) >= 11 is 0. The molecule has 1 saturated heterocycles. The molecule has 0 aliphatic carbocycles. The lowest BCUT2D eigenvalue weighted by Crippen LogP contribution is -2.39. The van der Waals surface area contributed by atoms with Crippen molar-refractivity contribution in [1.82, 2.24) is 4.90 Å². The largest absolute Gasteiger partial charge is 0.480 e. The van der Waals surface area contributed by atoms with E-state index in [1.54, 1.807) is 0 Å². The Morgan fingerprint density at radius 2 is 1.95 bits per heavy atom. The molecule has 1 amide bonds. The van der Waals surface area contributed by atoms with Gasteiger partial charge in [0.05, 0.1) is 6.54 Å². The number of nitrogens with zero attached hydrogens (tertiary/aromatic N) is 1. The highest BCUT2D eigenvalue weighted by Gasteiger charge is 2.40. The normalized spacial score (nSPS) is 20.7. The lowest BCUT2D eigenvalue weighted by Gasteiger charge is -2.18. The molecule has 22 heavy (non-hydrogen) atoms. The van der Waals surface area contributed by atoms with Crippen molar-refractivity contribution >= 4 is 17.8 Å². The zero-order valence-corrected chi connectivity index (χ0v) is 12.4. The van der Waals surface area contributed by atoms with Gasteiger partial charge in [-0.1, -0.05) is 30.3 Å². The minimum Gasteiger partial charge on any atom is -0.480 e. The second kappa shape index (κ2) is 7.06. The maximum absolute atomic E-state index is 11.9. The van der Waals surface area contributed by atoms with Crippen molar-refractivity contribution in [2.24, 2.45) is 0 Å². The van der Waals surface area contributed by atoms with Gasteiger partial charge in [0.15, 0.2) is 0 Å². The number of esters is 1. The number of rotatable bonds is 5. The van der Waals surface area contributed by atoms with Gasteiger partial charge < -0.3 is 14.7 Å². The van der Waals surface area contributed by atoms with Gasteiger partial charge in [-0.05, 0) is 12.0 Å². The number of carbonyl (C=O) groups is 3. The fourth-order valence-electron chi connectivity index (χ4n) is 2.60. The Hall–Kier alpha value is -2.37. The van der Waals surface area contributed by atoms with Crippen LogP contribution < -0.4 is 0 Å². The first-order valence-corrected chi connectivity index (χ1v) is 7.21. The second-order valence-corrected chi connectivity index (χ2v) is 5.36. The molecule has 1 aromatic carbocycles. The van der Waals surface area contributed by atoms with Crippen LogP contribution in [0, 0.1) is 0 Å². The SMILES string of the molecule is CC(=O)N1C[C@H](OC(=O)CCc2ccccc2)CC1C(=O)O. The zero-order valence-electron chi connectivity index (χ0n) is 12.4. The first-order valence-electron chi connectivity index (χ1n) is 7.21. The van der Waals surface area contributed by atoms with E-state index in [1.807, 2.05) is 30.3 Å². The Labute approximate surface area is 128 Å². The average Bonchev–Trinajstić information content (AvgIpc) is 2.90. The van der Waals surface area contributed by atoms with Crippen molar-refractivity contribution in [3.8, 4) is 0 Å². The first kappa shape index (κ1) is 16.0. The lowest BCUT2D eigenvalue weighted by molar-refractivity contribution is -0.149. The second-order valence-electron chi connectivity index (χ2n) is 5.36. The van der Waals surface area contributed by atoms with Crippen LogP contribution in [-0.4, -0.2) is 46.5 Å². The quantitative estimate of drug-likeness (QED) is 0.827. The van der Waals surface area contributed by atoms with Gasteiger partial charge in [-0.15, -0.1) is 0 Å². The van der Waals surface area contributed by atoms with E-state index in [-0.39, 0.29) is 31.3 Å². The molecule has 1 aliphatic heterocycles. The van der Waals surface area contributed by atoms with Gasteiger partial charge in [-0.2, -0.15) is 0 Å². The van der Waals surface area contributed by atoms with Crippen LogP contribution in [-0.2, 0) is 25.5 Å². The molecule has 2 atom stereocenters. The third-order valence-electron chi connectivity index (χ3n) is 3.71. The first-order chi connectivity index (χ1) is 10.5. The maximum atomic E-state index is 11.9. The molecule has 1 aromatic rings. The van der Waals surface area contributed by atoms with E-state index in [9.17, 15) is 14.4 Å². The van der Waals surface area contributed by atoms with Crippen LogP contribution in [0.5, 0.6) is 0 Å². The molecular weight excluding hydrogens is 286 g/mol. The van der Waals surface area contributed by atoms with Crippen molar-refractivity contribution in [1.29, 1.82) is 0 Å². The Morgan fingerprint density at radius 1 is 1.27 bits per heavy atom. The molecule has 6 nitrogen and oxygen atoms in total. The summed E-state index contributed by atoms with van der Waals surface area (Å²) in [5, 5.41) is 9.10. The van der Waals surface area contributed by atoms with Crippen molar-refractivity contribution in [3.63, 3.8) is 0 Å². The van der Waals surface area contributed by atoms with E-state index in [2.05, 4.69) is 0 Å². The minimum absolute atomic E-state index is 0.142. The molecule has 118 valence electrons. The molecule has 1 fully saturated rings. The minimum atomic E-state index is -1.07.